The van der Waals surface area contributed by atoms with Gasteiger partial charge in [-0.15, -0.1) is 0 Å². The van der Waals surface area contributed by atoms with Crippen molar-refractivity contribution >= 4 is 6.16 Å². The molecule has 40 heavy (non-hydrogen) atoms. The molecule has 5 heteroatoms. The summed E-state index contributed by atoms with van der Waals surface area (Å²) in [5, 5.41) is 0. The molecule has 0 aliphatic carbocycles. The van der Waals surface area contributed by atoms with E-state index in [1.54, 1.807) is 24.3 Å². The Balaban J connectivity index is 1.11. The second-order valence-electron chi connectivity index (χ2n) is 10.0. The first-order valence-electron chi connectivity index (χ1n) is 13.9. The van der Waals surface area contributed by atoms with Gasteiger partial charge in [-0.05, 0) is 59.4 Å². The number of carbonyl (C=O) groups excluding carboxylic acids is 1. The minimum Gasteiger partial charge on any atom is -0.395 e. The van der Waals surface area contributed by atoms with Gasteiger partial charge in [-0.25, -0.2) is 4.79 Å². The molecular weight excluding hydrogens is 500 g/mol. The predicted octanol–water partition coefficient (Wildman–Crippen LogP) is 7.99. The average molecular weight is 539 g/mol. The van der Waals surface area contributed by atoms with E-state index in [9.17, 15) is 4.79 Å². The molecule has 0 aliphatic rings. The highest BCUT2D eigenvalue weighted by Gasteiger charge is 2.09. The van der Waals surface area contributed by atoms with Crippen LogP contribution in [0.3, 0.4) is 0 Å². The van der Waals surface area contributed by atoms with Crippen molar-refractivity contribution < 1.29 is 23.7 Å². The molecule has 0 bridgehead atoms. The molecule has 4 rings (SSSR count). The summed E-state index contributed by atoms with van der Waals surface area (Å²) in [6, 6.07) is 35.6. The first-order valence-corrected chi connectivity index (χ1v) is 13.9. The van der Waals surface area contributed by atoms with E-state index in [1.807, 2.05) is 60.7 Å². The number of ether oxygens (including phenoxy) is 4. The van der Waals surface area contributed by atoms with Gasteiger partial charge in [-0.3, -0.25) is 0 Å². The van der Waals surface area contributed by atoms with Gasteiger partial charge in [0.05, 0.1) is 26.4 Å². The summed E-state index contributed by atoms with van der Waals surface area (Å²) in [7, 11) is 0. The molecular formula is C35H38O5. The van der Waals surface area contributed by atoms with Crippen LogP contribution in [0.4, 0.5) is 4.79 Å². The smallest absolute Gasteiger partial charge is 0.395 e. The molecule has 2 unspecified atom stereocenters. The third kappa shape index (κ3) is 9.67. The molecule has 0 spiro atoms. The summed E-state index contributed by atoms with van der Waals surface area (Å²) in [6.45, 7) is 6.96. The first kappa shape index (κ1) is 29.1. The zero-order valence-corrected chi connectivity index (χ0v) is 23.3. The van der Waals surface area contributed by atoms with Gasteiger partial charge in [0.25, 0.3) is 0 Å². The maximum atomic E-state index is 12.3. The monoisotopic (exact) mass is 538 g/mol. The summed E-state index contributed by atoms with van der Waals surface area (Å²) in [4.78, 5) is 12.3. The van der Waals surface area contributed by atoms with Crippen LogP contribution in [0, 0.1) is 0 Å². The number of benzene rings is 4. The van der Waals surface area contributed by atoms with E-state index < -0.39 is 6.16 Å². The van der Waals surface area contributed by atoms with Crippen molar-refractivity contribution in [3.63, 3.8) is 0 Å². The Bertz CT molecular complexity index is 1170. The second-order valence-corrected chi connectivity index (χ2v) is 10.0. The van der Waals surface area contributed by atoms with Crippen LogP contribution < -0.4 is 9.47 Å². The van der Waals surface area contributed by atoms with Gasteiger partial charge in [-0.2, -0.15) is 0 Å². The lowest BCUT2D eigenvalue weighted by Gasteiger charge is -2.12. The van der Waals surface area contributed by atoms with E-state index in [2.05, 4.69) is 38.1 Å². The van der Waals surface area contributed by atoms with Crippen molar-refractivity contribution in [2.75, 3.05) is 26.4 Å². The maximum absolute atomic E-state index is 12.3. The fraction of sp³-hybridized carbons (Fsp3) is 0.286. The summed E-state index contributed by atoms with van der Waals surface area (Å²) in [5.74, 6) is 1.58. The Labute approximate surface area is 237 Å². The number of rotatable bonds is 14. The van der Waals surface area contributed by atoms with Crippen LogP contribution in [0.2, 0.25) is 0 Å². The highest BCUT2D eigenvalue weighted by Crippen LogP contribution is 2.19. The van der Waals surface area contributed by atoms with Gasteiger partial charge in [0.2, 0.25) is 0 Å². The van der Waals surface area contributed by atoms with Crippen molar-refractivity contribution in [1.82, 2.24) is 0 Å². The molecule has 0 radical (unpaired) electrons. The summed E-state index contributed by atoms with van der Waals surface area (Å²) in [5.41, 5.74) is 4.78. The van der Waals surface area contributed by atoms with Crippen molar-refractivity contribution in [1.29, 1.82) is 0 Å². The molecule has 0 heterocycles. The van der Waals surface area contributed by atoms with Crippen LogP contribution in [0.25, 0.3) is 0 Å². The minimum atomic E-state index is -0.767. The van der Waals surface area contributed by atoms with Crippen LogP contribution >= 0.6 is 0 Å². The quantitative estimate of drug-likeness (QED) is 0.0925. The highest BCUT2D eigenvalue weighted by molar-refractivity contribution is 5.67. The van der Waals surface area contributed by atoms with Gasteiger partial charge >= 0.3 is 6.16 Å². The minimum absolute atomic E-state index is 0.354. The second kappa shape index (κ2) is 15.6. The first-order chi connectivity index (χ1) is 19.6. The van der Waals surface area contributed by atoms with E-state index in [0.29, 0.717) is 49.8 Å². The number of hydrogen-bond donors (Lipinski definition) is 0. The summed E-state index contributed by atoms with van der Waals surface area (Å²) >= 11 is 0. The van der Waals surface area contributed by atoms with Gasteiger partial charge in [0.15, 0.2) is 0 Å². The van der Waals surface area contributed by atoms with Crippen molar-refractivity contribution in [2.24, 2.45) is 0 Å². The average Bonchev–Trinajstić information content (AvgIpc) is 3.00. The third-order valence-electron chi connectivity index (χ3n) is 6.79. The fourth-order valence-corrected chi connectivity index (χ4v) is 4.32. The van der Waals surface area contributed by atoms with Crippen LogP contribution in [0.5, 0.6) is 11.5 Å². The zero-order chi connectivity index (χ0) is 28.0. The van der Waals surface area contributed by atoms with E-state index in [0.717, 1.165) is 24.0 Å². The number of carbonyl (C=O) groups is 1. The highest BCUT2D eigenvalue weighted by atomic mass is 16.7. The van der Waals surface area contributed by atoms with E-state index in [4.69, 9.17) is 18.9 Å². The fourth-order valence-electron chi connectivity index (χ4n) is 4.32. The van der Waals surface area contributed by atoms with E-state index in [-0.39, 0.29) is 0 Å². The molecule has 2 atom stereocenters. The van der Waals surface area contributed by atoms with E-state index in [1.165, 1.54) is 11.1 Å². The molecule has 0 aliphatic heterocycles. The zero-order valence-electron chi connectivity index (χ0n) is 23.3. The van der Waals surface area contributed by atoms with Crippen molar-refractivity contribution in [3.05, 3.63) is 131 Å². The molecule has 0 N–H and O–H groups in total. The molecule has 0 fully saturated rings. The normalized spacial score (nSPS) is 12.4. The van der Waals surface area contributed by atoms with Crippen LogP contribution in [0.15, 0.2) is 109 Å². The predicted molar refractivity (Wildman–Crippen MR) is 158 cm³/mol. The Morgan fingerprint density at radius 2 is 0.925 bits per heavy atom. The molecule has 5 nitrogen and oxygen atoms in total. The molecule has 0 saturated carbocycles. The van der Waals surface area contributed by atoms with Crippen LogP contribution in [-0.4, -0.2) is 32.6 Å². The topological polar surface area (TPSA) is 54.0 Å². The number of hydrogen-bond acceptors (Lipinski definition) is 5. The molecule has 208 valence electrons. The van der Waals surface area contributed by atoms with Crippen LogP contribution in [0.1, 0.15) is 47.9 Å². The Morgan fingerprint density at radius 3 is 1.30 bits per heavy atom. The van der Waals surface area contributed by atoms with Gasteiger partial charge in [0.1, 0.15) is 11.5 Å². The maximum Gasteiger partial charge on any atom is 0.519 e. The van der Waals surface area contributed by atoms with Crippen molar-refractivity contribution in [2.45, 2.75) is 38.5 Å². The standard InChI is InChI=1S/C35H38O5/c1-27(31-9-5-3-6-10-31)25-37-23-21-29-13-17-33(18-14-29)39-35(36)40-34-19-15-30(16-20-34)22-24-38-26-28(2)32-11-7-4-8-12-32/h3-20,27-28H,21-26H2,1-2H3. The van der Waals surface area contributed by atoms with Gasteiger partial charge < -0.3 is 18.9 Å². The summed E-state index contributed by atoms with van der Waals surface area (Å²) < 4.78 is 22.4. The van der Waals surface area contributed by atoms with Gasteiger partial charge in [0, 0.05) is 11.8 Å². The Hall–Kier alpha value is -3.93. The Kier molecular flexibility index (Phi) is 11.3. The lowest BCUT2D eigenvalue weighted by Crippen LogP contribution is -2.13. The molecule has 0 saturated heterocycles. The lowest BCUT2D eigenvalue weighted by molar-refractivity contribution is 0.126. The van der Waals surface area contributed by atoms with Gasteiger partial charge in [-0.1, -0.05) is 98.8 Å². The Morgan fingerprint density at radius 1 is 0.550 bits per heavy atom. The largest absolute Gasteiger partial charge is 0.519 e. The van der Waals surface area contributed by atoms with Crippen molar-refractivity contribution in [3.8, 4) is 11.5 Å². The molecule has 4 aromatic carbocycles. The SMILES string of the molecule is CC(COCCc1ccc(OC(=O)Oc2ccc(CCOCC(C)c3ccccc3)cc2)cc1)c1ccccc1. The lowest BCUT2D eigenvalue weighted by atomic mass is 10.0. The summed E-state index contributed by atoms with van der Waals surface area (Å²) in [6.07, 6.45) is 0.808. The molecule has 0 aromatic heterocycles. The molecule has 0 amide bonds. The molecule has 4 aromatic rings. The third-order valence-corrected chi connectivity index (χ3v) is 6.79. The van der Waals surface area contributed by atoms with Crippen LogP contribution in [-0.2, 0) is 22.3 Å². The van der Waals surface area contributed by atoms with E-state index >= 15 is 0 Å².